The molecule has 0 aromatic heterocycles. The van der Waals surface area contributed by atoms with Crippen LogP contribution in [-0.4, -0.2) is 43.9 Å². The van der Waals surface area contributed by atoms with E-state index in [9.17, 15) is 9.59 Å². The predicted molar refractivity (Wildman–Crippen MR) is 114 cm³/mol. The lowest BCUT2D eigenvalue weighted by Crippen LogP contribution is -2.36. The van der Waals surface area contributed by atoms with E-state index in [0.29, 0.717) is 17.1 Å². The van der Waals surface area contributed by atoms with Crippen LogP contribution >= 0.6 is 11.6 Å². The van der Waals surface area contributed by atoms with Crippen molar-refractivity contribution in [1.82, 2.24) is 15.5 Å². The molecule has 0 fully saturated rings. The predicted octanol–water partition coefficient (Wildman–Crippen LogP) is 3.49. The number of nitrogens with zero attached hydrogens (tertiary/aromatic N) is 1. The third-order valence-corrected chi connectivity index (χ3v) is 4.31. The van der Waals surface area contributed by atoms with Crippen LogP contribution in [0.15, 0.2) is 54.2 Å². The molecule has 2 rings (SSSR count). The molecule has 6 heteroatoms. The Balaban J connectivity index is 2.15. The van der Waals surface area contributed by atoms with Gasteiger partial charge in [0.15, 0.2) is 0 Å². The minimum absolute atomic E-state index is 0.192. The quantitative estimate of drug-likeness (QED) is 0.527. The molecule has 0 saturated carbocycles. The van der Waals surface area contributed by atoms with Crippen LogP contribution in [0.2, 0.25) is 5.02 Å². The first-order valence-corrected chi connectivity index (χ1v) is 9.51. The normalized spacial score (nSPS) is 11.4. The van der Waals surface area contributed by atoms with Crippen molar-refractivity contribution in [2.24, 2.45) is 0 Å². The Bertz CT molecular complexity index is 828. The van der Waals surface area contributed by atoms with Crippen molar-refractivity contribution in [1.29, 1.82) is 0 Å². The fraction of sp³-hybridized carbons (Fsp3) is 0.273. The van der Waals surface area contributed by atoms with E-state index in [-0.39, 0.29) is 17.5 Å². The van der Waals surface area contributed by atoms with Gasteiger partial charge >= 0.3 is 0 Å². The first kappa shape index (κ1) is 21.7. The molecule has 0 aliphatic heterocycles. The number of amides is 2. The van der Waals surface area contributed by atoms with Crippen LogP contribution in [0.5, 0.6) is 0 Å². The number of hydrogen-bond donors (Lipinski definition) is 2. The van der Waals surface area contributed by atoms with Crippen LogP contribution in [0.1, 0.15) is 27.9 Å². The van der Waals surface area contributed by atoms with E-state index < -0.39 is 0 Å². The summed E-state index contributed by atoms with van der Waals surface area (Å²) >= 11 is 5.92. The first-order valence-electron chi connectivity index (χ1n) is 9.13. The van der Waals surface area contributed by atoms with Crippen LogP contribution < -0.4 is 10.6 Å². The van der Waals surface area contributed by atoms with Gasteiger partial charge in [-0.15, -0.1) is 0 Å². The lowest BCUT2D eigenvalue weighted by atomic mass is 10.1. The number of aryl methyl sites for hydroxylation is 1. The topological polar surface area (TPSA) is 61.4 Å². The van der Waals surface area contributed by atoms with E-state index >= 15 is 0 Å². The summed E-state index contributed by atoms with van der Waals surface area (Å²) in [5, 5.41) is 6.20. The SMILES string of the molecule is Cc1ccc(C(=O)N/C(=C\c2ccc(Cl)cc2)C(=O)NCCCN(C)C)cc1. The number of carbonyl (C=O) groups excluding carboxylic acids is 2. The maximum absolute atomic E-state index is 12.6. The summed E-state index contributed by atoms with van der Waals surface area (Å²) in [6.45, 7) is 3.34. The van der Waals surface area contributed by atoms with Gasteiger partial charge in [0.25, 0.3) is 11.8 Å². The summed E-state index contributed by atoms with van der Waals surface area (Å²) in [5.74, 6) is -0.655. The van der Waals surface area contributed by atoms with Gasteiger partial charge in [-0.3, -0.25) is 9.59 Å². The zero-order valence-electron chi connectivity index (χ0n) is 16.5. The Kier molecular flexibility index (Phi) is 8.23. The first-order chi connectivity index (χ1) is 13.3. The summed E-state index contributed by atoms with van der Waals surface area (Å²) in [7, 11) is 3.96. The fourth-order valence-corrected chi connectivity index (χ4v) is 2.60. The molecule has 148 valence electrons. The van der Waals surface area contributed by atoms with Gasteiger partial charge in [-0.2, -0.15) is 0 Å². The number of hydrogen-bond acceptors (Lipinski definition) is 3. The standard InChI is InChI=1S/C22H26ClN3O2/c1-16-5-9-18(10-6-16)21(27)25-20(15-17-7-11-19(23)12-8-17)22(28)24-13-4-14-26(2)3/h5-12,15H,4,13-14H2,1-3H3,(H,24,28)(H,25,27)/b20-15-. The van der Waals surface area contributed by atoms with E-state index in [4.69, 9.17) is 11.6 Å². The Labute approximate surface area is 171 Å². The van der Waals surface area contributed by atoms with Crippen LogP contribution in [-0.2, 0) is 4.79 Å². The number of carbonyl (C=O) groups is 2. The lowest BCUT2D eigenvalue weighted by molar-refractivity contribution is -0.117. The summed E-state index contributed by atoms with van der Waals surface area (Å²) < 4.78 is 0. The molecular formula is C22H26ClN3O2. The zero-order chi connectivity index (χ0) is 20.5. The van der Waals surface area contributed by atoms with Gasteiger partial charge < -0.3 is 15.5 Å². The molecule has 5 nitrogen and oxygen atoms in total. The number of nitrogens with one attached hydrogen (secondary N) is 2. The maximum atomic E-state index is 12.6. The Morgan fingerprint density at radius 2 is 1.68 bits per heavy atom. The summed E-state index contributed by atoms with van der Waals surface area (Å²) in [6.07, 6.45) is 2.46. The van der Waals surface area contributed by atoms with Gasteiger partial charge in [0.2, 0.25) is 0 Å². The maximum Gasteiger partial charge on any atom is 0.267 e. The van der Waals surface area contributed by atoms with Crippen molar-refractivity contribution in [2.45, 2.75) is 13.3 Å². The monoisotopic (exact) mass is 399 g/mol. The molecule has 0 unspecified atom stereocenters. The second kappa shape index (κ2) is 10.6. The van der Waals surface area contributed by atoms with Gasteiger partial charge in [-0.1, -0.05) is 41.4 Å². The van der Waals surface area contributed by atoms with Crippen molar-refractivity contribution in [3.8, 4) is 0 Å². The molecule has 28 heavy (non-hydrogen) atoms. The molecule has 0 heterocycles. The van der Waals surface area contributed by atoms with Gasteiger partial charge in [0.1, 0.15) is 5.70 Å². The van der Waals surface area contributed by atoms with Crippen molar-refractivity contribution in [3.05, 3.63) is 75.9 Å². The van der Waals surface area contributed by atoms with Gasteiger partial charge in [-0.25, -0.2) is 0 Å². The van der Waals surface area contributed by atoms with Gasteiger partial charge in [0.05, 0.1) is 0 Å². The molecule has 2 amide bonds. The number of rotatable bonds is 8. The van der Waals surface area contributed by atoms with Crippen LogP contribution in [0.25, 0.3) is 6.08 Å². The minimum Gasteiger partial charge on any atom is -0.351 e. The molecule has 0 atom stereocenters. The average Bonchev–Trinajstić information content (AvgIpc) is 2.66. The third kappa shape index (κ3) is 7.18. The molecular weight excluding hydrogens is 374 g/mol. The summed E-state index contributed by atoms with van der Waals surface area (Å²) in [5.41, 5.74) is 2.52. The van der Waals surface area contributed by atoms with Gasteiger partial charge in [0, 0.05) is 17.1 Å². The van der Waals surface area contributed by atoms with Crippen molar-refractivity contribution in [3.63, 3.8) is 0 Å². The van der Waals surface area contributed by atoms with E-state index in [1.165, 1.54) is 0 Å². The highest BCUT2D eigenvalue weighted by Crippen LogP contribution is 2.13. The molecule has 0 aliphatic rings. The largest absolute Gasteiger partial charge is 0.351 e. The second-order valence-electron chi connectivity index (χ2n) is 6.84. The Morgan fingerprint density at radius 3 is 2.29 bits per heavy atom. The molecule has 0 saturated heterocycles. The van der Waals surface area contributed by atoms with Crippen LogP contribution in [0.4, 0.5) is 0 Å². The summed E-state index contributed by atoms with van der Waals surface area (Å²) in [4.78, 5) is 27.3. The summed E-state index contributed by atoms with van der Waals surface area (Å²) in [6, 6.07) is 14.2. The molecule has 2 N–H and O–H groups in total. The molecule has 0 bridgehead atoms. The van der Waals surface area contributed by atoms with Gasteiger partial charge in [-0.05, 0) is 69.9 Å². The molecule has 2 aromatic rings. The smallest absolute Gasteiger partial charge is 0.267 e. The van der Waals surface area contributed by atoms with Crippen LogP contribution in [0, 0.1) is 6.92 Å². The molecule has 2 aromatic carbocycles. The highest BCUT2D eigenvalue weighted by molar-refractivity contribution is 6.30. The van der Waals surface area contributed by atoms with Crippen molar-refractivity contribution < 1.29 is 9.59 Å². The molecule has 0 aliphatic carbocycles. The van der Waals surface area contributed by atoms with Crippen molar-refractivity contribution >= 4 is 29.5 Å². The van der Waals surface area contributed by atoms with Crippen LogP contribution in [0.3, 0.4) is 0 Å². The zero-order valence-corrected chi connectivity index (χ0v) is 17.2. The number of halogens is 1. The average molecular weight is 400 g/mol. The highest BCUT2D eigenvalue weighted by Gasteiger charge is 2.14. The second-order valence-corrected chi connectivity index (χ2v) is 7.28. The van der Waals surface area contributed by atoms with Crippen molar-refractivity contribution in [2.75, 3.05) is 27.2 Å². The lowest BCUT2D eigenvalue weighted by Gasteiger charge is -2.13. The van der Waals surface area contributed by atoms with E-state index in [2.05, 4.69) is 15.5 Å². The molecule has 0 radical (unpaired) electrons. The van der Waals surface area contributed by atoms with E-state index in [1.54, 1.807) is 42.5 Å². The fourth-order valence-electron chi connectivity index (χ4n) is 2.48. The Morgan fingerprint density at radius 1 is 1.04 bits per heavy atom. The third-order valence-electron chi connectivity index (χ3n) is 4.06. The van der Waals surface area contributed by atoms with E-state index in [0.717, 1.165) is 24.1 Å². The molecule has 0 spiro atoms. The van der Waals surface area contributed by atoms with E-state index in [1.807, 2.05) is 33.2 Å². The minimum atomic E-state index is -0.330. The highest BCUT2D eigenvalue weighted by atomic mass is 35.5. The number of benzene rings is 2. The Hall–Kier alpha value is -2.63.